The summed E-state index contributed by atoms with van der Waals surface area (Å²) in [7, 11) is 0. The number of carbonyl (C=O) groups is 1. The van der Waals surface area contributed by atoms with Gasteiger partial charge in [-0.05, 0) is 19.3 Å². The summed E-state index contributed by atoms with van der Waals surface area (Å²) in [5.41, 5.74) is 4.05. The lowest BCUT2D eigenvalue weighted by Gasteiger charge is -2.46. The molecule has 3 nitrogen and oxygen atoms in total. The molecule has 3 fully saturated rings. The summed E-state index contributed by atoms with van der Waals surface area (Å²) in [4.78, 5) is 11.0. The van der Waals surface area contributed by atoms with Crippen LogP contribution in [-0.4, -0.2) is 16.6 Å². The summed E-state index contributed by atoms with van der Waals surface area (Å²) in [5.74, 6) is -0.579. The van der Waals surface area contributed by atoms with Crippen molar-refractivity contribution in [2.75, 3.05) is 0 Å². The summed E-state index contributed by atoms with van der Waals surface area (Å²) >= 11 is 0. The van der Waals surface area contributed by atoms with Crippen LogP contribution in [0.2, 0.25) is 0 Å². The fraction of sp³-hybridized carbons (Fsp3) is 0.889. The first-order valence-corrected chi connectivity index (χ1v) is 4.65. The average molecular weight is 170 g/mol. The molecule has 0 unspecified atom stereocenters. The SMILES string of the molecule is [NH3+]C12CCC(C(=O)O)(CC1)CC2. The van der Waals surface area contributed by atoms with E-state index in [1.165, 1.54) is 0 Å². The Morgan fingerprint density at radius 3 is 1.83 bits per heavy atom. The maximum Gasteiger partial charge on any atom is 0.309 e. The first-order valence-electron chi connectivity index (χ1n) is 4.65. The number of rotatable bonds is 1. The van der Waals surface area contributed by atoms with E-state index in [1.54, 1.807) is 0 Å². The average Bonchev–Trinajstić information content (AvgIpc) is 2.06. The van der Waals surface area contributed by atoms with Crippen molar-refractivity contribution in [3.63, 3.8) is 0 Å². The molecule has 68 valence electrons. The number of quaternary nitrogens is 1. The van der Waals surface area contributed by atoms with E-state index in [0.717, 1.165) is 38.5 Å². The minimum atomic E-state index is -0.579. The van der Waals surface area contributed by atoms with E-state index in [2.05, 4.69) is 5.73 Å². The van der Waals surface area contributed by atoms with Gasteiger partial charge in [0.15, 0.2) is 0 Å². The smallest absolute Gasteiger partial charge is 0.309 e. The quantitative estimate of drug-likeness (QED) is 0.598. The number of carboxylic acid groups (broad SMARTS) is 1. The number of hydrogen-bond donors (Lipinski definition) is 2. The minimum Gasteiger partial charge on any atom is -0.481 e. The van der Waals surface area contributed by atoms with E-state index in [4.69, 9.17) is 5.11 Å². The first-order chi connectivity index (χ1) is 5.56. The summed E-state index contributed by atoms with van der Waals surface area (Å²) in [6, 6.07) is 0. The summed E-state index contributed by atoms with van der Waals surface area (Å²) < 4.78 is 0. The van der Waals surface area contributed by atoms with Crippen LogP contribution in [0.4, 0.5) is 0 Å². The predicted molar refractivity (Wildman–Crippen MR) is 43.4 cm³/mol. The van der Waals surface area contributed by atoms with Crippen LogP contribution >= 0.6 is 0 Å². The van der Waals surface area contributed by atoms with E-state index in [-0.39, 0.29) is 11.0 Å². The fourth-order valence-electron chi connectivity index (χ4n) is 2.58. The Kier molecular flexibility index (Phi) is 1.49. The molecule has 0 spiro atoms. The van der Waals surface area contributed by atoms with Crippen LogP contribution < -0.4 is 5.73 Å². The molecule has 2 bridgehead atoms. The van der Waals surface area contributed by atoms with Crippen LogP contribution in [0.25, 0.3) is 0 Å². The predicted octanol–water partition coefficient (Wildman–Crippen LogP) is 0.406. The largest absolute Gasteiger partial charge is 0.481 e. The van der Waals surface area contributed by atoms with Gasteiger partial charge in [0.1, 0.15) is 0 Å². The van der Waals surface area contributed by atoms with E-state index in [0.29, 0.717) is 0 Å². The molecule has 0 aromatic carbocycles. The van der Waals surface area contributed by atoms with Crippen molar-refractivity contribution in [3.8, 4) is 0 Å². The third-order valence-electron chi connectivity index (χ3n) is 3.86. The molecule has 0 heterocycles. The van der Waals surface area contributed by atoms with Gasteiger partial charge in [0, 0.05) is 19.3 Å². The lowest BCUT2D eigenvalue weighted by Crippen LogP contribution is -2.76. The van der Waals surface area contributed by atoms with E-state index >= 15 is 0 Å². The summed E-state index contributed by atoms with van der Waals surface area (Å²) in [6.07, 6.45) is 5.60. The first kappa shape index (κ1) is 8.05. The Balaban J connectivity index is 2.20. The van der Waals surface area contributed by atoms with Crippen LogP contribution in [0.5, 0.6) is 0 Å². The molecule has 0 saturated heterocycles. The Hall–Kier alpha value is -0.570. The number of aliphatic carboxylic acids is 1. The highest BCUT2D eigenvalue weighted by Gasteiger charge is 2.52. The third kappa shape index (κ3) is 0.959. The monoisotopic (exact) mass is 170 g/mol. The Bertz CT molecular complexity index is 200. The summed E-state index contributed by atoms with van der Waals surface area (Å²) in [5, 5.41) is 9.08. The highest BCUT2D eigenvalue weighted by molar-refractivity contribution is 5.75. The van der Waals surface area contributed by atoms with E-state index < -0.39 is 5.97 Å². The minimum absolute atomic E-state index is 0.233. The van der Waals surface area contributed by atoms with Gasteiger partial charge in [-0.2, -0.15) is 0 Å². The number of fused-ring (bicyclic) bond motifs is 3. The second kappa shape index (κ2) is 2.22. The van der Waals surface area contributed by atoms with Gasteiger partial charge in [-0.1, -0.05) is 0 Å². The van der Waals surface area contributed by atoms with Crippen molar-refractivity contribution in [3.05, 3.63) is 0 Å². The van der Waals surface area contributed by atoms with Gasteiger partial charge < -0.3 is 10.8 Å². The molecule has 3 heteroatoms. The number of carboxylic acids is 1. The lowest BCUT2D eigenvalue weighted by atomic mass is 9.58. The highest BCUT2D eigenvalue weighted by atomic mass is 16.4. The summed E-state index contributed by atoms with van der Waals surface area (Å²) in [6.45, 7) is 0. The maximum absolute atomic E-state index is 11.0. The Morgan fingerprint density at radius 2 is 1.50 bits per heavy atom. The molecule has 0 atom stereocenters. The van der Waals surface area contributed by atoms with Crippen LogP contribution in [0.1, 0.15) is 38.5 Å². The van der Waals surface area contributed by atoms with Crippen molar-refractivity contribution < 1.29 is 15.6 Å². The Morgan fingerprint density at radius 1 is 1.08 bits per heavy atom. The zero-order valence-electron chi connectivity index (χ0n) is 7.31. The van der Waals surface area contributed by atoms with Gasteiger partial charge >= 0.3 is 5.97 Å². The second-order valence-corrected chi connectivity index (χ2v) is 4.59. The molecule has 4 N–H and O–H groups in total. The lowest BCUT2D eigenvalue weighted by molar-refractivity contribution is -0.496. The highest BCUT2D eigenvalue weighted by Crippen LogP contribution is 2.50. The van der Waals surface area contributed by atoms with Crippen LogP contribution in [0, 0.1) is 5.41 Å². The van der Waals surface area contributed by atoms with Crippen molar-refractivity contribution >= 4 is 5.97 Å². The molecule has 0 radical (unpaired) electrons. The second-order valence-electron chi connectivity index (χ2n) is 4.59. The molecule has 0 amide bonds. The van der Waals surface area contributed by atoms with Gasteiger partial charge in [0.2, 0.25) is 0 Å². The topological polar surface area (TPSA) is 64.9 Å². The Labute approximate surface area is 71.9 Å². The van der Waals surface area contributed by atoms with Gasteiger partial charge in [0.25, 0.3) is 0 Å². The van der Waals surface area contributed by atoms with Crippen molar-refractivity contribution in [2.45, 2.75) is 44.1 Å². The van der Waals surface area contributed by atoms with E-state index in [9.17, 15) is 4.79 Å². The van der Waals surface area contributed by atoms with E-state index in [1.807, 2.05) is 0 Å². The van der Waals surface area contributed by atoms with Crippen molar-refractivity contribution in [1.29, 1.82) is 0 Å². The molecule has 3 aliphatic carbocycles. The molecule has 3 rings (SSSR count). The van der Waals surface area contributed by atoms with Crippen LogP contribution in [-0.2, 0) is 4.79 Å². The van der Waals surface area contributed by atoms with Gasteiger partial charge in [-0.3, -0.25) is 4.79 Å². The molecular weight excluding hydrogens is 154 g/mol. The molecule has 0 aromatic rings. The fourth-order valence-corrected chi connectivity index (χ4v) is 2.58. The number of hydrogen-bond acceptors (Lipinski definition) is 1. The van der Waals surface area contributed by atoms with Crippen LogP contribution in [0.3, 0.4) is 0 Å². The standard InChI is InChI=1S/C9H15NO2/c10-9-4-1-8(2-5-9,3-6-9)7(11)12/h1-6,10H2,(H,11,12)/p+1. The van der Waals surface area contributed by atoms with Crippen molar-refractivity contribution in [1.82, 2.24) is 0 Å². The normalized spacial score (nSPS) is 46.1. The zero-order chi connectivity index (χ0) is 8.82. The van der Waals surface area contributed by atoms with Gasteiger partial charge in [-0.15, -0.1) is 0 Å². The van der Waals surface area contributed by atoms with Crippen LogP contribution in [0.15, 0.2) is 0 Å². The molecular formula is C9H16NO2+. The molecule has 0 aliphatic heterocycles. The van der Waals surface area contributed by atoms with Crippen molar-refractivity contribution in [2.24, 2.45) is 5.41 Å². The maximum atomic E-state index is 11.0. The molecule has 12 heavy (non-hydrogen) atoms. The zero-order valence-corrected chi connectivity index (χ0v) is 7.31. The molecule has 3 saturated carbocycles. The molecule has 3 aliphatic rings. The van der Waals surface area contributed by atoms with Gasteiger partial charge in [0.05, 0.1) is 11.0 Å². The third-order valence-corrected chi connectivity index (χ3v) is 3.86. The molecule has 0 aromatic heterocycles. The van der Waals surface area contributed by atoms with Gasteiger partial charge in [-0.25, -0.2) is 0 Å².